The van der Waals surface area contributed by atoms with E-state index in [-0.39, 0.29) is 0 Å². The van der Waals surface area contributed by atoms with Crippen LogP contribution in [-0.2, 0) is 19.9 Å². The van der Waals surface area contributed by atoms with Crippen LogP contribution >= 0.6 is 0 Å². The van der Waals surface area contributed by atoms with Gasteiger partial charge in [0.15, 0.2) is 0 Å². The molecule has 1 aliphatic heterocycles. The highest BCUT2D eigenvalue weighted by Gasteiger charge is 2.32. The molecular formula is C10H15F3N4. The molecule has 0 spiro atoms. The topological polar surface area (TPSA) is 47.1 Å². The van der Waals surface area contributed by atoms with Crippen LogP contribution in [0.5, 0.6) is 0 Å². The highest BCUT2D eigenvalue weighted by Crippen LogP contribution is 2.23. The fourth-order valence-corrected chi connectivity index (χ4v) is 2.17. The summed E-state index contributed by atoms with van der Waals surface area (Å²) in [7, 11) is 1.75. The SMILES string of the molecule is Cn1nc2c(c1N)CCN(CC(F)(F)F)CC2. The molecule has 96 valence electrons. The third-order valence-corrected chi connectivity index (χ3v) is 3.02. The van der Waals surface area contributed by atoms with Crippen molar-refractivity contribution < 1.29 is 13.2 Å². The van der Waals surface area contributed by atoms with Crippen LogP contribution in [-0.4, -0.2) is 40.5 Å². The van der Waals surface area contributed by atoms with E-state index in [9.17, 15) is 13.2 Å². The summed E-state index contributed by atoms with van der Waals surface area (Å²) < 4.78 is 38.4. The third kappa shape index (κ3) is 2.71. The molecule has 2 N–H and O–H groups in total. The van der Waals surface area contributed by atoms with E-state index in [1.807, 2.05) is 0 Å². The standard InChI is InChI=1S/C10H15F3N4/c1-16-9(14)7-2-4-17(6-10(11,12)13)5-3-8(7)15-16/h2-6,14H2,1H3. The minimum absolute atomic E-state index is 0.377. The molecule has 0 fully saturated rings. The summed E-state index contributed by atoms with van der Waals surface area (Å²) in [6.45, 7) is -0.103. The number of fused-ring (bicyclic) bond motifs is 1. The second-order valence-corrected chi connectivity index (χ2v) is 4.33. The molecule has 7 heteroatoms. The van der Waals surface area contributed by atoms with Crippen LogP contribution < -0.4 is 5.73 Å². The third-order valence-electron chi connectivity index (χ3n) is 3.02. The predicted octanol–water partition coefficient (Wildman–Crippen LogP) is 0.965. The van der Waals surface area contributed by atoms with E-state index in [0.29, 0.717) is 31.7 Å². The van der Waals surface area contributed by atoms with E-state index in [0.717, 1.165) is 11.3 Å². The van der Waals surface area contributed by atoms with Crippen LogP contribution in [0.25, 0.3) is 0 Å². The molecule has 0 radical (unpaired) electrons. The zero-order valence-electron chi connectivity index (χ0n) is 9.59. The lowest BCUT2D eigenvalue weighted by Gasteiger charge is -2.21. The maximum atomic E-state index is 12.3. The highest BCUT2D eigenvalue weighted by molar-refractivity contribution is 5.44. The van der Waals surface area contributed by atoms with Gasteiger partial charge >= 0.3 is 6.18 Å². The van der Waals surface area contributed by atoms with Gasteiger partial charge < -0.3 is 5.73 Å². The lowest BCUT2D eigenvalue weighted by Crippen LogP contribution is -2.36. The average molecular weight is 248 g/mol. The number of aryl methyl sites for hydroxylation is 1. The number of aromatic nitrogens is 2. The summed E-state index contributed by atoms with van der Waals surface area (Å²) in [5.41, 5.74) is 7.55. The van der Waals surface area contributed by atoms with Crippen molar-refractivity contribution in [3.63, 3.8) is 0 Å². The molecule has 0 saturated heterocycles. The Morgan fingerprint density at radius 2 is 1.94 bits per heavy atom. The molecule has 0 saturated carbocycles. The second-order valence-electron chi connectivity index (χ2n) is 4.33. The van der Waals surface area contributed by atoms with Crippen LogP contribution in [0.1, 0.15) is 11.3 Å². The maximum absolute atomic E-state index is 12.3. The number of nitrogen functional groups attached to an aromatic ring is 1. The zero-order chi connectivity index (χ0) is 12.6. The predicted molar refractivity (Wildman–Crippen MR) is 57.5 cm³/mol. The molecule has 0 unspecified atom stereocenters. The van der Waals surface area contributed by atoms with Crippen molar-refractivity contribution in [2.75, 3.05) is 25.4 Å². The van der Waals surface area contributed by atoms with Gasteiger partial charge in [-0.3, -0.25) is 9.58 Å². The molecule has 0 bridgehead atoms. The van der Waals surface area contributed by atoms with Crippen molar-refractivity contribution in [1.29, 1.82) is 0 Å². The summed E-state index contributed by atoms with van der Waals surface area (Å²) in [6, 6.07) is 0. The lowest BCUT2D eigenvalue weighted by atomic mass is 10.1. The first kappa shape index (κ1) is 12.2. The van der Waals surface area contributed by atoms with E-state index in [1.165, 1.54) is 4.90 Å². The number of hydrogen-bond acceptors (Lipinski definition) is 3. The first-order valence-electron chi connectivity index (χ1n) is 5.46. The first-order chi connectivity index (χ1) is 7.87. The number of rotatable bonds is 1. The number of hydrogen-bond donors (Lipinski definition) is 1. The van der Waals surface area contributed by atoms with Crippen LogP contribution in [0.3, 0.4) is 0 Å². The summed E-state index contributed by atoms with van der Waals surface area (Å²) in [6.07, 6.45) is -3.08. The quantitative estimate of drug-likeness (QED) is 0.805. The van der Waals surface area contributed by atoms with E-state index < -0.39 is 12.7 Å². The van der Waals surface area contributed by atoms with Gasteiger partial charge in [0, 0.05) is 32.1 Å². The van der Waals surface area contributed by atoms with Crippen molar-refractivity contribution in [1.82, 2.24) is 14.7 Å². The van der Waals surface area contributed by atoms with Gasteiger partial charge in [-0.25, -0.2) is 0 Å². The Balaban J connectivity index is 2.07. The van der Waals surface area contributed by atoms with Gasteiger partial charge in [0.2, 0.25) is 0 Å². The first-order valence-corrected chi connectivity index (χ1v) is 5.46. The van der Waals surface area contributed by atoms with Gasteiger partial charge in [-0.15, -0.1) is 0 Å². The second kappa shape index (κ2) is 4.21. The van der Waals surface area contributed by atoms with Crippen molar-refractivity contribution >= 4 is 5.82 Å². The Morgan fingerprint density at radius 3 is 2.59 bits per heavy atom. The normalized spacial score (nSPS) is 17.9. The molecule has 0 aliphatic carbocycles. The van der Waals surface area contributed by atoms with Crippen molar-refractivity contribution in [3.8, 4) is 0 Å². The van der Waals surface area contributed by atoms with Gasteiger partial charge in [-0.2, -0.15) is 18.3 Å². The largest absolute Gasteiger partial charge is 0.401 e. The molecule has 4 nitrogen and oxygen atoms in total. The van der Waals surface area contributed by atoms with E-state index >= 15 is 0 Å². The summed E-state index contributed by atoms with van der Waals surface area (Å²) in [4.78, 5) is 1.40. The van der Waals surface area contributed by atoms with Crippen LogP contribution in [0, 0.1) is 0 Å². The molecule has 17 heavy (non-hydrogen) atoms. The number of nitrogens with zero attached hydrogens (tertiary/aromatic N) is 3. The Morgan fingerprint density at radius 1 is 1.29 bits per heavy atom. The Bertz CT molecular complexity index is 410. The smallest absolute Gasteiger partial charge is 0.384 e. The molecular weight excluding hydrogens is 233 g/mol. The van der Waals surface area contributed by atoms with Crippen molar-refractivity contribution in [3.05, 3.63) is 11.3 Å². The number of nitrogens with two attached hydrogens (primary N) is 1. The summed E-state index contributed by atoms with van der Waals surface area (Å²) >= 11 is 0. The molecule has 1 aromatic rings. The fraction of sp³-hybridized carbons (Fsp3) is 0.700. The summed E-state index contributed by atoms with van der Waals surface area (Å²) in [5.74, 6) is 0.564. The Labute approximate surface area is 97.2 Å². The van der Waals surface area contributed by atoms with Crippen molar-refractivity contribution in [2.24, 2.45) is 7.05 Å². The fourth-order valence-electron chi connectivity index (χ4n) is 2.17. The van der Waals surface area contributed by atoms with Gasteiger partial charge in [0.1, 0.15) is 5.82 Å². The summed E-state index contributed by atoms with van der Waals surface area (Å²) in [5, 5.41) is 4.23. The highest BCUT2D eigenvalue weighted by atomic mass is 19.4. The van der Waals surface area contributed by atoms with Gasteiger partial charge in [-0.1, -0.05) is 0 Å². The molecule has 0 aromatic carbocycles. The molecule has 0 atom stereocenters. The molecule has 1 aromatic heterocycles. The monoisotopic (exact) mass is 248 g/mol. The molecule has 1 aliphatic rings. The van der Waals surface area contributed by atoms with E-state index in [1.54, 1.807) is 11.7 Å². The lowest BCUT2D eigenvalue weighted by molar-refractivity contribution is -0.145. The van der Waals surface area contributed by atoms with Gasteiger partial charge in [0.25, 0.3) is 0 Å². The minimum Gasteiger partial charge on any atom is -0.384 e. The van der Waals surface area contributed by atoms with Crippen molar-refractivity contribution in [2.45, 2.75) is 19.0 Å². The minimum atomic E-state index is -4.14. The number of halogens is 3. The van der Waals surface area contributed by atoms with Crippen LogP contribution in [0.2, 0.25) is 0 Å². The zero-order valence-corrected chi connectivity index (χ0v) is 9.59. The number of alkyl halides is 3. The number of anilines is 1. The van der Waals surface area contributed by atoms with Gasteiger partial charge in [0.05, 0.1) is 12.2 Å². The average Bonchev–Trinajstić information content (AvgIpc) is 2.36. The van der Waals surface area contributed by atoms with Gasteiger partial charge in [-0.05, 0) is 6.42 Å². The van der Waals surface area contributed by atoms with E-state index in [4.69, 9.17) is 5.73 Å². The van der Waals surface area contributed by atoms with E-state index in [2.05, 4.69) is 5.10 Å². The van der Waals surface area contributed by atoms with Crippen LogP contribution in [0.4, 0.5) is 19.0 Å². The Hall–Kier alpha value is -1.24. The molecule has 2 rings (SSSR count). The molecule has 2 heterocycles. The van der Waals surface area contributed by atoms with Crippen LogP contribution in [0.15, 0.2) is 0 Å². The maximum Gasteiger partial charge on any atom is 0.401 e. The molecule has 0 amide bonds. The Kier molecular flexibility index (Phi) is 3.03.